The van der Waals surface area contributed by atoms with Crippen molar-refractivity contribution in [1.29, 1.82) is 0 Å². The maximum atomic E-state index is 11.1. The van der Waals surface area contributed by atoms with Crippen molar-refractivity contribution in [3.05, 3.63) is 11.6 Å². The van der Waals surface area contributed by atoms with Crippen molar-refractivity contribution in [3.8, 4) is 0 Å². The van der Waals surface area contributed by atoms with Crippen LogP contribution in [0.4, 0.5) is 0 Å². The predicted octanol–water partition coefficient (Wildman–Crippen LogP) is 7.25. The van der Waals surface area contributed by atoms with Crippen LogP contribution >= 0.6 is 0 Å². The van der Waals surface area contributed by atoms with Crippen molar-refractivity contribution in [2.75, 3.05) is 6.54 Å². The number of allylic oxidation sites excluding steroid dienone is 1. The molecule has 0 spiro atoms. The average Bonchev–Trinajstić information content (AvgIpc) is 3.17. The summed E-state index contributed by atoms with van der Waals surface area (Å²) >= 11 is 0. The first kappa shape index (κ1) is 31.1. The predicted molar refractivity (Wildman–Crippen MR) is 155 cm³/mol. The monoisotopic (exact) mass is 504 g/mol. The van der Waals surface area contributed by atoms with Gasteiger partial charge in [-0.25, -0.2) is 11.0 Å². The molecule has 8 atom stereocenters. The molecular weight excluding hydrogens is 444 g/mol. The molecule has 0 amide bonds. The largest absolute Gasteiger partial charge is 0.390 e. The van der Waals surface area contributed by atoms with E-state index in [0.717, 1.165) is 61.8 Å². The summed E-state index contributed by atoms with van der Waals surface area (Å²) in [7, 11) is 0. The number of nitrogens with zero attached hydrogens (tertiary/aromatic N) is 2. The second-order valence-corrected chi connectivity index (χ2v) is 12.5. The molecular formula is C31H60N4O. The molecule has 0 saturated heterocycles. The van der Waals surface area contributed by atoms with E-state index in [1.54, 1.807) is 12.5 Å². The van der Waals surface area contributed by atoms with Gasteiger partial charge in [0, 0.05) is 0 Å². The van der Waals surface area contributed by atoms with Crippen molar-refractivity contribution in [2.24, 2.45) is 57.6 Å². The first-order chi connectivity index (χ1) is 17.1. The molecule has 5 N–H and O–H groups in total. The number of nitrogens with two attached hydrogens (primary N) is 2. The second kappa shape index (κ2) is 13.6. The Hall–Kier alpha value is -1.07. The van der Waals surface area contributed by atoms with E-state index in [9.17, 15) is 5.11 Å². The molecule has 0 aliphatic heterocycles. The van der Waals surface area contributed by atoms with Crippen LogP contribution in [-0.4, -0.2) is 28.2 Å². The number of amidine groups is 1. The minimum absolute atomic E-state index is 0.313. The molecule has 36 heavy (non-hydrogen) atoms. The molecule has 4 aliphatic rings. The summed E-state index contributed by atoms with van der Waals surface area (Å²) in [5, 5.41) is 16.8. The molecule has 210 valence electrons. The molecule has 0 aromatic heterocycles. The van der Waals surface area contributed by atoms with Crippen LogP contribution in [0.25, 0.3) is 0 Å². The van der Waals surface area contributed by atoms with Crippen LogP contribution < -0.4 is 11.6 Å². The van der Waals surface area contributed by atoms with E-state index in [-0.39, 0.29) is 5.60 Å². The Morgan fingerprint density at radius 2 is 1.75 bits per heavy atom. The highest BCUT2D eigenvalue weighted by atomic mass is 16.3. The maximum absolute atomic E-state index is 11.1. The Kier molecular flexibility index (Phi) is 11.8. The number of hydrogen-bond donors (Lipinski definition) is 3. The molecule has 0 bridgehead atoms. The van der Waals surface area contributed by atoms with Gasteiger partial charge in [0.15, 0.2) is 0 Å². The van der Waals surface area contributed by atoms with Crippen LogP contribution in [0.3, 0.4) is 0 Å². The lowest BCUT2D eigenvalue weighted by molar-refractivity contribution is -0.101. The fourth-order valence-corrected chi connectivity index (χ4v) is 8.64. The van der Waals surface area contributed by atoms with Crippen LogP contribution in [-0.2, 0) is 0 Å². The molecule has 5 nitrogen and oxygen atoms in total. The number of hydrazone groups is 1. The van der Waals surface area contributed by atoms with Crippen LogP contribution in [0.2, 0.25) is 0 Å². The molecule has 0 heterocycles. The van der Waals surface area contributed by atoms with E-state index in [4.69, 9.17) is 11.6 Å². The summed E-state index contributed by atoms with van der Waals surface area (Å²) in [4.78, 5) is 0. The fraction of sp³-hybridized carbons (Fsp3) is 0.903. The highest BCUT2D eigenvalue weighted by molar-refractivity contribution is 5.77. The molecule has 3 saturated carbocycles. The van der Waals surface area contributed by atoms with Gasteiger partial charge >= 0.3 is 0 Å². The van der Waals surface area contributed by atoms with Crippen LogP contribution in [0.15, 0.2) is 16.8 Å². The summed E-state index contributed by atoms with van der Waals surface area (Å²) in [6.45, 7) is 17.8. The van der Waals surface area contributed by atoms with E-state index in [2.05, 4.69) is 45.8 Å². The third-order valence-corrected chi connectivity index (χ3v) is 9.74. The zero-order valence-electron chi connectivity index (χ0n) is 25.0. The Bertz CT molecular complexity index is 732. The van der Waals surface area contributed by atoms with Gasteiger partial charge in [-0.05, 0) is 106 Å². The third-order valence-electron chi connectivity index (χ3n) is 9.74. The minimum atomic E-state index is -0.373. The lowest BCUT2D eigenvalue weighted by atomic mass is 9.48. The molecule has 3 fully saturated rings. The van der Waals surface area contributed by atoms with Gasteiger partial charge in [0.25, 0.3) is 0 Å². The van der Waals surface area contributed by atoms with Gasteiger partial charge in [-0.2, -0.15) is 0 Å². The fourth-order valence-electron chi connectivity index (χ4n) is 8.64. The smallest absolute Gasteiger partial charge is 0.118 e. The third kappa shape index (κ3) is 6.87. The van der Waals surface area contributed by atoms with Crippen LogP contribution in [0.1, 0.15) is 126 Å². The van der Waals surface area contributed by atoms with E-state index < -0.39 is 0 Å². The van der Waals surface area contributed by atoms with Gasteiger partial charge < -0.3 is 10.8 Å². The quantitative estimate of drug-likeness (QED) is 0.117. The number of fused-ring (bicyclic) bond motifs is 5. The van der Waals surface area contributed by atoms with Crippen molar-refractivity contribution in [3.63, 3.8) is 0 Å². The SMILES string of the molecule is CC.CCC.CCC[C@@]1(O)CCC2C(CCC3C2CCC2(C)C(C(C)CN(N)/N=C(/C)N)=CCC32)C1. The maximum Gasteiger partial charge on any atom is 0.118 e. The van der Waals surface area contributed by atoms with Crippen LogP contribution in [0.5, 0.6) is 0 Å². The average molecular weight is 505 g/mol. The molecule has 0 aromatic carbocycles. The molecule has 4 rings (SSSR count). The topological polar surface area (TPSA) is 87.9 Å². The zero-order chi connectivity index (χ0) is 27.1. The minimum Gasteiger partial charge on any atom is -0.390 e. The van der Waals surface area contributed by atoms with Crippen molar-refractivity contribution in [1.82, 2.24) is 5.12 Å². The second-order valence-electron chi connectivity index (χ2n) is 12.5. The Morgan fingerprint density at radius 3 is 2.36 bits per heavy atom. The summed E-state index contributed by atoms with van der Waals surface area (Å²) in [5.41, 5.74) is 7.26. The van der Waals surface area contributed by atoms with Crippen molar-refractivity contribution < 1.29 is 5.11 Å². The summed E-state index contributed by atoms with van der Waals surface area (Å²) in [6.07, 6.45) is 15.8. The van der Waals surface area contributed by atoms with Gasteiger partial charge in [-0.15, -0.1) is 5.10 Å². The molecule has 7 unspecified atom stereocenters. The van der Waals surface area contributed by atoms with Gasteiger partial charge in [-0.1, -0.05) is 73.0 Å². The van der Waals surface area contributed by atoms with E-state index in [1.165, 1.54) is 50.1 Å². The number of aliphatic hydroxyl groups is 1. The number of hydrazine groups is 1. The zero-order valence-corrected chi connectivity index (χ0v) is 25.0. The normalized spacial score (nSPS) is 38.1. The van der Waals surface area contributed by atoms with E-state index in [1.807, 2.05) is 13.8 Å². The standard InChI is InChI=1S/C26H46N4O.C3H8.C2H6/c1-5-12-26(31)14-11-20-19(15-26)6-7-22-21(20)10-13-25(4)23(8-9-24(22)25)17(2)16-30(28)29-18(3)27;1-3-2;1-2/h8,17,19-22,24,31H,5-7,9-16,28H2,1-4H3,(H2,27,29);3H2,1-2H3;1-2H3/t17?,19?,20?,21?,22?,24?,25?,26-;;/m1../s1. The van der Waals surface area contributed by atoms with Crippen molar-refractivity contribution in [2.45, 2.75) is 132 Å². The lowest BCUT2D eigenvalue weighted by Crippen LogP contribution is -2.51. The Balaban J connectivity index is 0.000000850. The molecule has 5 heteroatoms. The highest BCUT2D eigenvalue weighted by Gasteiger charge is 2.56. The number of hydrogen-bond acceptors (Lipinski definition) is 4. The summed E-state index contributed by atoms with van der Waals surface area (Å²) in [5.74, 6) is 11.1. The molecule has 4 aliphatic carbocycles. The highest BCUT2D eigenvalue weighted by Crippen LogP contribution is 2.64. The van der Waals surface area contributed by atoms with Gasteiger partial charge in [-0.3, -0.25) is 0 Å². The lowest BCUT2D eigenvalue weighted by Gasteiger charge is -2.57. The molecule has 0 aromatic rings. The van der Waals surface area contributed by atoms with E-state index in [0.29, 0.717) is 17.2 Å². The number of rotatable bonds is 6. The summed E-state index contributed by atoms with van der Waals surface area (Å²) in [6, 6.07) is 0. The molecule has 0 radical (unpaired) electrons. The van der Waals surface area contributed by atoms with Gasteiger partial charge in [0.2, 0.25) is 0 Å². The van der Waals surface area contributed by atoms with Gasteiger partial charge in [0.1, 0.15) is 5.84 Å². The van der Waals surface area contributed by atoms with Crippen LogP contribution in [0, 0.1) is 40.9 Å². The van der Waals surface area contributed by atoms with Crippen molar-refractivity contribution >= 4 is 5.84 Å². The Morgan fingerprint density at radius 1 is 1.11 bits per heavy atom. The first-order valence-electron chi connectivity index (χ1n) is 15.3. The summed E-state index contributed by atoms with van der Waals surface area (Å²) < 4.78 is 0. The van der Waals surface area contributed by atoms with E-state index >= 15 is 0 Å². The Labute approximate surface area is 223 Å². The van der Waals surface area contributed by atoms with Gasteiger partial charge in [0.05, 0.1) is 12.1 Å². The first-order valence-corrected chi connectivity index (χ1v) is 15.3.